The molecule has 0 radical (unpaired) electrons. The molecule has 4 N–H and O–H groups in total. The molecule has 0 aliphatic carbocycles. The van der Waals surface area contributed by atoms with E-state index in [2.05, 4.69) is 0 Å². The molecule has 1 saturated heterocycles. The van der Waals surface area contributed by atoms with Crippen LogP contribution >= 0.6 is 11.6 Å². The molecule has 2 amide bonds. The van der Waals surface area contributed by atoms with Crippen LogP contribution in [0.2, 0.25) is 5.02 Å². The summed E-state index contributed by atoms with van der Waals surface area (Å²) in [6, 6.07) is 4.79. The third kappa shape index (κ3) is 2.98. The van der Waals surface area contributed by atoms with E-state index in [-0.39, 0.29) is 17.7 Å². The van der Waals surface area contributed by atoms with E-state index in [0.717, 1.165) is 12.8 Å². The number of rotatable bonds is 2. The van der Waals surface area contributed by atoms with Crippen molar-refractivity contribution in [3.05, 3.63) is 28.8 Å². The van der Waals surface area contributed by atoms with Crippen LogP contribution in [0, 0.1) is 5.92 Å². The summed E-state index contributed by atoms with van der Waals surface area (Å²) in [5, 5.41) is 0.361. The summed E-state index contributed by atoms with van der Waals surface area (Å²) in [4.78, 5) is 25.2. The molecule has 1 aromatic carbocycles. The Morgan fingerprint density at radius 1 is 1.37 bits per heavy atom. The summed E-state index contributed by atoms with van der Waals surface area (Å²) >= 11 is 6.01. The van der Waals surface area contributed by atoms with Gasteiger partial charge in [-0.1, -0.05) is 11.6 Å². The number of benzene rings is 1. The molecule has 1 aliphatic heterocycles. The summed E-state index contributed by atoms with van der Waals surface area (Å²) in [7, 11) is 0. The molecule has 0 aromatic heterocycles. The van der Waals surface area contributed by atoms with E-state index in [4.69, 9.17) is 23.1 Å². The van der Waals surface area contributed by atoms with Crippen LogP contribution in [0.25, 0.3) is 0 Å². The number of nitrogen functional groups attached to an aromatic ring is 1. The van der Waals surface area contributed by atoms with Crippen molar-refractivity contribution in [2.45, 2.75) is 12.8 Å². The fourth-order valence-electron chi connectivity index (χ4n) is 2.27. The molecule has 1 unspecified atom stereocenters. The van der Waals surface area contributed by atoms with Gasteiger partial charge in [-0.3, -0.25) is 9.59 Å². The maximum Gasteiger partial charge on any atom is 0.255 e. The molecule has 19 heavy (non-hydrogen) atoms. The van der Waals surface area contributed by atoms with Crippen molar-refractivity contribution in [2.75, 3.05) is 18.8 Å². The summed E-state index contributed by atoms with van der Waals surface area (Å²) in [6.45, 7) is 0.951. The number of anilines is 1. The normalized spacial score (nSPS) is 19.2. The smallest absolute Gasteiger partial charge is 0.255 e. The lowest BCUT2D eigenvalue weighted by atomic mass is 9.97. The molecule has 2 rings (SSSR count). The fourth-order valence-corrected chi connectivity index (χ4v) is 2.47. The van der Waals surface area contributed by atoms with Crippen LogP contribution in [-0.4, -0.2) is 29.8 Å². The number of carbonyl (C=O) groups excluding carboxylic acids is 2. The van der Waals surface area contributed by atoms with E-state index < -0.39 is 0 Å². The Bertz CT molecular complexity index is 519. The number of nitrogens with two attached hydrogens (primary N) is 2. The van der Waals surface area contributed by atoms with Gasteiger partial charge in [-0.2, -0.15) is 0 Å². The lowest BCUT2D eigenvalue weighted by molar-refractivity contribution is -0.123. The highest BCUT2D eigenvalue weighted by Gasteiger charge is 2.28. The van der Waals surface area contributed by atoms with E-state index in [1.54, 1.807) is 23.1 Å². The molecule has 1 aromatic rings. The molecule has 102 valence electrons. The first kappa shape index (κ1) is 13.7. The Balaban J connectivity index is 2.19. The van der Waals surface area contributed by atoms with Gasteiger partial charge in [0.1, 0.15) is 0 Å². The van der Waals surface area contributed by atoms with E-state index in [1.807, 2.05) is 0 Å². The zero-order valence-electron chi connectivity index (χ0n) is 10.4. The minimum absolute atomic E-state index is 0.205. The highest BCUT2D eigenvalue weighted by molar-refractivity contribution is 6.34. The first-order valence-electron chi connectivity index (χ1n) is 6.12. The number of nitrogens with zero attached hydrogens (tertiary/aromatic N) is 1. The molecule has 1 heterocycles. The second-order valence-corrected chi connectivity index (χ2v) is 5.14. The molecular formula is C13H16ClN3O2. The first-order valence-corrected chi connectivity index (χ1v) is 6.50. The first-order chi connectivity index (χ1) is 8.99. The summed E-state index contributed by atoms with van der Waals surface area (Å²) in [6.07, 6.45) is 1.49. The Kier molecular flexibility index (Phi) is 3.95. The van der Waals surface area contributed by atoms with E-state index >= 15 is 0 Å². The van der Waals surface area contributed by atoms with Crippen LogP contribution < -0.4 is 11.5 Å². The highest BCUT2D eigenvalue weighted by Crippen LogP contribution is 2.23. The van der Waals surface area contributed by atoms with Crippen molar-refractivity contribution in [1.82, 2.24) is 4.90 Å². The monoisotopic (exact) mass is 281 g/mol. The number of amides is 2. The van der Waals surface area contributed by atoms with Gasteiger partial charge in [0.2, 0.25) is 5.91 Å². The van der Waals surface area contributed by atoms with Crippen molar-refractivity contribution >= 4 is 29.1 Å². The fraction of sp³-hybridized carbons (Fsp3) is 0.385. The van der Waals surface area contributed by atoms with Gasteiger partial charge >= 0.3 is 0 Å². The average molecular weight is 282 g/mol. The summed E-state index contributed by atoms with van der Waals surface area (Å²) in [5.74, 6) is -0.850. The lowest BCUT2D eigenvalue weighted by Gasteiger charge is -2.31. The molecule has 0 saturated carbocycles. The largest absolute Gasteiger partial charge is 0.399 e. The Hall–Kier alpha value is -1.75. The van der Waals surface area contributed by atoms with Gasteiger partial charge in [-0.05, 0) is 31.0 Å². The highest BCUT2D eigenvalue weighted by atomic mass is 35.5. The van der Waals surface area contributed by atoms with Gasteiger partial charge in [-0.25, -0.2) is 0 Å². The third-order valence-corrected chi connectivity index (χ3v) is 3.66. The van der Waals surface area contributed by atoms with Crippen molar-refractivity contribution in [2.24, 2.45) is 11.7 Å². The molecule has 5 nitrogen and oxygen atoms in total. The van der Waals surface area contributed by atoms with Crippen LogP contribution in [0.15, 0.2) is 18.2 Å². The Morgan fingerprint density at radius 3 is 2.79 bits per heavy atom. The number of piperidine rings is 1. The van der Waals surface area contributed by atoms with Gasteiger partial charge in [0.25, 0.3) is 5.91 Å². The quantitative estimate of drug-likeness (QED) is 0.800. The van der Waals surface area contributed by atoms with Crippen molar-refractivity contribution in [1.29, 1.82) is 0 Å². The predicted molar refractivity (Wildman–Crippen MR) is 73.7 cm³/mol. The van der Waals surface area contributed by atoms with Crippen molar-refractivity contribution in [3.63, 3.8) is 0 Å². The lowest BCUT2D eigenvalue weighted by Crippen LogP contribution is -2.44. The maximum absolute atomic E-state index is 12.4. The number of hydrogen-bond acceptors (Lipinski definition) is 3. The van der Waals surface area contributed by atoms with Gasteiger partial charge in [0.15, 0.2) is 0 Å². The Morgan fingerprint density at radius 2 is 2.11 bits per heavy atom. The molecule has 0 spiro atoms. The average Bonchev–Trinajstić information content (AvgIpc) is 2.41. The number of likely N-dealkylation sites (tertiary alicyclic amines) is 1. The molecule has 1 atom stereocenters. The van der Waals surface area contributed by atoms with Crippen LogP contribution in [0.3, 0.4) is 0 Å². The predicted octanol–water partition coefficient (Wildman–Crippen LogP) is 1.26. The molecule has 1 aliphatic rings. The van der Waals surface area contributed by atoms with E-state index in [9.17, 15) is 9.59 Å². The van der Waals surface area contributed by atoms with Crippen LogP contribution in [-0.2, 0) is 4.79 Å². The van der Waals surface area contributed by atoms with E-state index in [0.29, 0.717) is 29.4 Å². The number of primary amides is 1. The summed E-state index contributed by atoms with van der Waals surface area (Å²) in [5.41, 5.74) is 11.8. The third-order valence-electron chi connectivity index (χ3n) is 3.33. The standard InChI is InChI=1S/C13H16ClN3O2/c14-11-4-3-9(15)6-10(11)13(19)17-5-1-2-8(7-17)12(16)18/h3-4,6,8H,1-2,5,7,15H2,(H2,16,18). The molecule has 0 bridgehead atoms. The van der Waals surface area contributed by atoms with Gasteiger partial charge in [-0.15, -0.1) is 0 Å². The minimum atomic E-state index is -0.365. The van der Waals surface area contributed by atoms with Crippen LogP contribution in [0.1, 0.15) is 23.2 Å². The SMILES string of the molecule is NC(=O)C1CCCN(C(=O)c2cc(N)ccc2Cl)C1. The number of halogens is 1. The second kappa shape index (κ2) is 5.48. The molecular weight excluding hydrogens is 266 g/mol. The zero-order valence-corrected chi connectivity index (χ0v) is 11.2. The second-order valence-electron chi connectivity index (χ2n) is 4.73. The summed E-state index contributed by atoms with van der Waals surface area (Å²) < 4.78 is 0. The van der Waals surface area contributed by atoms with Crippen molar-refractivity contribution in [3.8, 4) is 0 Å². The number of hydrogen-bond donors (Lipinski definition) is 2. The van der Waals surface area contributed by atoms with E-state index in [1.165, 1.54) is 0 Å². The molecule has 1 fully saturated rings. The number of carbonyl (C=O) groups is 2. The van der Waals surface area contributed by atoms with Crippen molar-refractivity contribution < 1.29 is 9.59 Å². The van der Waals surface area contributed by atoms with Crippen LogP contribution in [0.5, 0.6) is 0 Å². The molecule has 6 heteroatoms. The Labute approximate surface area is 116 Å². The van der Waals surface area contributed by atoms with Gasteiger partial charge in [0.05, 0.1) is 16.5 Å². The maximum atomic E-state index is 12.4. The van der Waals surface area contributed by atoms with Gasteiger partial charge in [0, 0.05) is 18.8 Å². The zero-order chi connectivity index (χ0) is 14.0. The topological polar surface area (TPSA) is 89.4 Å². The minimum Gasteiger partial charge on any atom is -0.399 e. The van der Waals surface area contributed by atoms with Gasteiger partial charge < -0.3 is 16.4 Å². The van der Waals surface area contributed by atoms with Crippen LogP contribution in [0.4, 0.5) is 5.69 Å².